The molecule has 3 nitrogen and oxygen atoms in total. The van der Waals surface area contributed by atoms with E-state index in [0.29, 0.717) is 11.2 Å². The second kappa shape index (κ2) is 8.27. The monoisotopic (exact) mass is 295 g/mol. The van der Waals surface area contributed by atoms with Gasteiger partial charge in [0.15, 0.2) is 5.11 Å². The highest BCUT2D eigenvalue weighted by atomic mass is 32.1. The van der Waals surface area contributed by atoms with Crippen LogP contribution in [0, 0.1) is 0 Å². The summed E-state index contributed by atoms with van der Waals surface area (Å²) >= 11 is 6.94. The molecule has 104 valence electrons. The first kappa shape index (κ1) is 14.5. The van der Waals surface area contributed by atoms with E-state index in [1.807, 2.05) is 17.5 Å². The molecule has 1 fully saturated rings. The van der Waals surface area contributed by atoms with Gasteiger partial charge in [0.2, 0.25) is 0 Å². The molecule has 1 aliphatic rings. The Morgan fingerprint density at radius 3 is 2.68 bits per heavy atom. The van der Waals surface area contributed by atoms with Crippen molar-refractivity contribution in [3.63, 3.8) is 0 Å². The van der Waals surface area contributed by atoms with E-state index in [2.05, 4.69) is 15.8 Å². The molecule has 0 unspecified atom stereocenters. The van der Waals surface area contributed by atoms with Gasteiger partial charge in [0.25, 0.3) is 0 Å². The van der Waals surface area contributed by atoms with E-state index in [0.717, 1.165) is 4.88 Å². The van der Waals surface area contributed by atoms with Gasteiger partial charge in [0, 0.05) is 10.9 Å². The van der Waals surface area contributed by atoms with Crippen LogP contribution in [0.3, 0.4) is 0 Å². The zero-order chi connectivity index (χ0) is 13.3. The molecule has 0 aliphatic heterocycles. The lowest BCUT2D eigenvalue weighted by molar-refractivity contribution is 0.427. The van der Waals surface area contributed by atoms with Crippen molar-refractivity contribution < 1.29 is 0 Å². The van der Waals surface area contributed by atoms with E-state index in [4.69, 9.17) is 12.2 Å². The second-order valence-electron chi connectivity index (χ2n) is 4.90. The molecule has 1 heterocycles. The van der Waals surface area contributed by atoms with Crippen LogP contribution in [0.2, 0.25) is 0 Å². The molecule has 0 amide bonds. The maximum Gasteiger partial charge on any atom is 0.187 e. The molecule has 19 heavy (non-hydrogen) atoms. The van der Waals surface area contributed by atoms with Gasteiger partial charge in [0.1, 0.15) is 0 Å². The highest BCUT2D eigenvalue weighted by Crippen LogP contribution is 2.16. The molecule has 0 aromatic carbocycles. The Bertz CT molecular complexity index is 393. The van der Waals surface area contributed by atoms with E-state index in [1.165, 1.54) is 44.9 Å². The van der Waals surface area contributed by atoms with Gasteiger partial charge in [-0.2, -0.15) is 5.10 Å². The molecule has 1 aromatic heterocycles. The number of hydrogen-bond donors (Lipinski definition) is 2. The summed E-state index contributed by atoms with van der Waals surface area (Å²) < 4.78 is 0. The van der Waals surface area contributed by atoms with Crippen LogP contribution in [0.5, 0.6) is 0 Å². The number of rotatable bonds is 3. The first-order valence-corrected chi connectivity index (χ1v) is 8.26. The summed E-state index contributed by atoms with van der Waals surface area (Å²) in [6, 6.07) is 4.55. The fourth-order valence-corrected chi connectivity index (χ4v) is 3.14. The first-order chi connectivity index (χ1) is 9.34. The van der Waals surface area contributed by atoms with Crippen molar-refractivity contribution in [1.29, 1.82) is 0 Å². The largest absolute Gasteiger partial charge is 0.359 e. The van der Waals surface area contributed by atoms with Crippen LogP contribution >= 0.6 is 23.6 Å². The van der Waals surface area contributed by atoms with Gasteiger partial charge in [-0.25, -0.2) is 0 Å². The Kier molecular flexibility index (Phi) is 6.30. The van der Waals surface area contributed by atoms with E-state index in [-0.39, 0.29) is 0 Å². The van der Waals surface area contributed by atoms with Crippen LogP contribution in [0.25, 0.3) is 0 Å². The predicted molar refractivity (Wildman–Crippen MR) is 86.9 cm³/mol. The molecule has 5 heteroatoms. The van der Waals surface area contributed by atoms with Crippen LogP contribution in [-0.4, -0.2) is 17.4 Å². The lowest BCUT2D eigenvalue weighted by Crippen LogP contribution is -2.40. The van der Waals surface area contributed by atoms with E-state index < -0.39 is 0 Å². The zero-order valence-electron chi connectivity index (χ0n) is 11.1. The molecule has 0 atom stereocenters. The van der Waals surface area contributed by atoms with Gasteiger partial charge in [0.05, 0.1) is 6.21 Å². The summed E-state index contributed by atoms with van der Waals surface area (Å²) in [6.45, 7) is 0. The highest BCUT2D eigenvalue weighted by molar-refractivity contribution is 7.80. The van der Waals surface area contributed by atoms with Gasteiger partial charge in [-0.1, -0.05) is 38.2 Å². The third-order valence-corrected chi connectivity index (χ3v) is 4.36. The van der Waals surface area contributed by atoms with Gasteiger partial charge < -0.3 is 5.32 Å². The Morgan fingerprint density at radius 1 is 1.26 bits per heavy atom. The number of nitrogens with zero attached hydrogens (tertiary/aromatic N) is 1. The third-order valence-electron chi connectivity index (χ3n) is 3.34. The molecule has 0 bridgehead atoms. The van der Waals surface area contributed by atoms with Crippen LogP contribution < -0.4 is 10.7 Å². The number of nitrogens with one attached hydrogen (secondary N) is 2. The van der Waals surface area contributed by atoms with Gasteiger partial charge >= 0.3 is 0 Å². The average Bonchev–Trinajstić information content (AvgIpc) is 2.85. The number of thiophene rings is 1. The van der Waals surface area contributed by atoms with Crippen LogP contribution in [0.4, 0.5) is 0 Å². The number of thiocarbonyl (C=S) groups is 1. The summed E-state index contributed by atoms with van der Waals surface area (Å²) in [5, 5.41) is 10.2. The van der Waals surface area contributed by atoms with Crippen molar-refractivity contribution in [3.05, 3.63) is 22.4 Å². The fourth-order valence-electron chi connectivity index (χ4n) is 2.34. The minimum absolute atomic E-state index is 0.511. The number of hydrazone groups is 1. The summed E-state index contributed by atoms with van der Waals surface area (Å²) in [5.74, 6) is 0. The molecular formula is C14H21N3S2. The van der Waals surface area contributed by atoms with Crippen molar-refractivity contribution in [2.45, 2.75) is 51.0 Å². The Balaban J connectivity index is 1.70. The zero-order valence-corrected chi connectivity index (χ0v) is 12.7. The van der Waals surface area contributed by atoms with E-state index >= 15 is 0 Å². The third kappa shape index (κ3) is 5.70. The molecule has 1 aromatic rings. The van der Waals surface area contributed by atoms with E-state index in [1.54, 1.807) is 17.6 Å². The Morgan fingerprint density at radius 2 is 2.00 bits per heavy atom. The summed E-state index contributed by atoms with van der Waals surface area (Å²) in [4.78, 5) is 1.13. The quantitative estimate of drug-likeness (QED) is 0.507. The maximum absolute atomic E-state index is 5.28. The SMILES string of the molecule is S=C(N/N=C/c1cccs1)NC1CCCCCCC1. The van der Waals surface area contributed by atoms with Crippen molar-refractivity contribution in [1.82, 2.24) is 10.7 Å². The van der Waals surface area contributed by atoms with Gasteiger partial charge in [-0.15, -0.1) is 11.3 Å². The Hall–Kier alpha value is -0.940. The van der Waals surface area contributed by atoms with Crippen LogP contribution in [0.1, 0.15) is 49.8 Å². The predicted octanol–water partition coefficient (Wildman–Crippen LogP) is 3.66. The smallest absolute Gasteiger partial charge is 0.187 e. The minimum Gasteiger partial charge on any atom is -0.359 e. The summed E-state index contributed by atoms with van der Waals surface area (Å²) in [6.07, 6.45) is 10.9. The topological polar surface area (TPSA) is 36.4 Å². The summed E-state index contributed by atoms with van der Waals surface area (Å²) in [5.41, 5.74) is 2.90. The molecule has 0 radical (unpaired) electrons. The molecule has 2 rings (SSSR count). The van der Waals surface area contributed by atoms with Gasteiger partial charge in [-0.3, -0.25) is 5.43 Å². The fraction of sp³-hybridized carbons (Fsp3) is 0.571. The molecule has 1 aliphatic carbocycles. The lowest BCUT2D eigenvalue weighted by atomic mass is 9.97. The molecular weight excluding hydrogens is 274 g/mol. The molecule has 0 saturated heterocycles. The summed E-state index contributed by atoms with van der Waals surface area (Å²) in [7, 11) is 0. The second-order valence-corrected chi connectivity index (χ2v) is 6.29. The van der Waals surface area contributed by atoms with Crippen molar-refractivity contribution in [2.75, 3.05) is 0 Å². The number of hydrogen-bond acceptors (Lipinski definition) is 3. The minimum atomic E-state index is 0.511. The molecule has 2 N–H and O–H groups in total. The standard InChI is InChI=1S/C14H21N3S2/c18-14(17-15-11-13-9-6-10-19-13)16-12-7-4-2-1-3-5-8-12/h6,9-12H,1-5,7-8H2,(H2,16,17,18)/b15-11+. The van der Waals surface area contributed by atoms with Crippen molar-refractivity contribution in [3.8, 4) is 0 Å². The van der Waals surface area contributed by atoms with Crippen LogP contribution in [0.15, 0.2) is 22.6 Å². The van der Waals surface area contributed by atoms with E-state index in [9.17, 15) is 0 Å². The lowest BCUT2D eigenvalue weighted by Gasteiger charge is -2.21. The molecule has 0 spiro atoms. The normalized spacial score (nSPS) is 17.9. The van der Waals surface area contributed by atoms with Crippen molar-refractivity contribution in [2.24, 2.45) is 5.10 Å². The maximum atomic E-state index is 5.28. The molecule has 1 saturated carbocycles. The highest BCUT2D eigenvalue weighted by Gasteiger charge is 2.11. The average molecular weight is 295 g/mol. The van der Waals surface area contributed by atoms with Gasteiger partial charge in [-0.05, 0) is 36.5 Å². The van der Waals surface area contributed by atoms with Crippen LogP contribution in [-0.2, 0) is 0 Å². The van der Waals surface area contributed by atoms with Crippen molar-refractivity contribution >= 4 is 34.9 Å². The Labute approximate surface area is 124 Å². The first-order valence-electron chi connectivity index (χ1n) is 6.97.